The van der Waals surface area contributed by atoms with Crippen molar-refractivity contribution in [3.63, 3.8) is 0 Å². The van der Waals surface area contributed by atoms with Crippen LogP contribution in [0.5, 0.6) is 0 Å². The number of nitrogens with zero attached hydrogens (tertiary/aromatic N) is 4. The molecule has 0 unspecified atom stereocenters. The van der Waals surface area contributed by atoms with Gasteiger partial charge in [0.05, 0.1) is 15.4 Å². The molecule has 0 radical (unpaired) electrons. The maximum absolute atomic E-state index is 13.6. The summed E-state index contributed by atoms with van der Waals surface area (Å²) >= 11 is 0. The van der Waals surface area contributed by atoms with Gasteiger partial charge in [0.1, 0.15) is 16.9 Å². The van der Waals surface area contributed by atoms with Crippen molar-refractivity contribution in [3.05, 3.63) is 47.9 Å². The Morgan fingerprint density at radius 3 is 2.20 bits per heavy atom. The fourth-order valence-electron chi connectivity index (χ4n) is 3.55. The Kier molecular flexibility index (Phi) is 5.27. The summed E-state index contributed by atoms with van der Waals surface area (Å²) in [4.78, 5) is 4.87. The maximum atomic E-state index is 13.6. The van der Waals surface area contributed by atoms with Crippen LogP contribution in [0.1, 0.15) is 39.3 Å². The van der Waals surface area contributed by atoms with E-state index in [1.165, 1.54) is 12.1 Å². The normalized spacial score (nSPS) is 12.2. The van der Waals surface area contributed by atoms with Crippen molar-refractivity contribution >= 4 is 37.4 Å². The molecule has 30 heavy (non-hydrogen) atoms. The number of halogens is 1. The zero-order valence-electron chi connectivity index (χ0n) is 17.4. The predicted molar refractivity (Wildman–Crippen MR) is 120 cm³/mol. The Morgan fingerprint density at radius 2 is 1.63 bits per heavy atom. The van der Waals surface area contributed by atoms with E-state index in [2.05, 4.69) is 33.6 Å². The van der Waals surface area contributed by atoms with E-state index in [0.717, 1.165) is 27.6 Å². The summed E-state index contributed by atoms with van der Waals surface area (Å²) in [6.45, 7) is 7.86. The number of benzene rings is 2. The van der Waals surface area contributed by atoms with E-state index in [4.69, 9.17) is 4.98 Å². The van der Waals surface area contributed by atoms with Gasteiger partial charge in [0, 0.05) is 22.5 Å². The second kappa shape index (κ2) is 7.75. The smallest absolute Gasteiger partial charge is 0.169 e. The molecule has 1 N–H and O–H groups in total. The zero-order chi connectivity index (χ0) is 21.5. The van der Waals surface area contributed by atoms with Crippen molar-refractivity contribution in [2.45, 2.75) is 33.6 Å². The van der Waals surface area contributed by atoms with Crippen LogP contribution in [0.15, 0.2) is 40.8 Å². The van der Waals surface area contributed by atoms with E-state index in [1.807, 2.05) is 26.0 Å². The number of H-pyrrole nitrogens is 1. The number of aromatic amines is 1. The van der Waals surface area contributed by atoms with Gasteiger partial charge in [0.2, 0.25) is 0 Å². The van der Waals surface area contributed by atoms with Gasteiger partial charge in [-0.25, -0.2) is 13.6 Å². The number of fused-ring (bicyclic) bond motifs is 2. The molecular formula is C22H24FN5OS. The Balaban J connectivity index is 2.18. The van der Waals surface area contributed by atoms with Gasteiger partial charge < -0.3 is 0 Å². The lowest BCUT2D eigenvalue weighted by molar-refractivity contribution is 0.628. The highest BCUT2D eigenvalue weighted by atomic mass is 32.2. The van der Waals surface area contributed by atoms with Crippen LogP contribution in [0.2, 0.25) is 0 Å². The summed E-state index contributed by atoms with van der Waals surface area (Å²) in [7, 11) is -2.41. The number of aromatic nitrogens is 4. The third kappa shape index (κ3) is 3.56. The van der Waals surface area contributed by atoms with Crippen molar-refractivity contribution < 1.29 is 8.60 Å². The molecule has 4 rings (SSSR count). The van der Waals surface area contributed by atoms with Gasteiger partial charge in [0.25, 0.3) is 0 Å². The standard InChI is InChI=1S/C22H24FN5OS/c1-5-30(29,6-2)27-22-17-12-19-18(25-28-26-19)11-16(17)20(21(24-22)13(3)4)14-7-9-15(23)10-8-14/h7-13H,5-6H2,1-4H3,(H,25,26,28). The first-order valence-electron chi connectivity index (χ1n) is 10.0. The molecule has 2 heterocycles. The predicted octanol–water partition coefficient (Wildman–Crippen LogP) is 5.57. The quantitative estimate of drug-likeness (QED) is 0.453. The molecule has 156 valence electrons. The molecule has 6 nitrogen and oxygen atoms in total. The van der Waals surface area contributed by atoms with Crippen molar-refractivity contribution in [2.24, 2.45) is 4.36 Å². The SMILES string of the molecule is CCS(=O)(CC)=Nc1nc(C(C)C)c(-c2ccc(F)cc2)c2cc3n[nH]nc3cc12. The molecule has 2 aromatic carbocycles. The largest absolute Gasteiger partial charge is 0.249 e. The molecular weight excluding hydrogens is 401 g/mol. The Labute approximate surface area is 175 Å². The minimum absolute atomic E-state index is 0.0794. The number of rotatable bonds is 5. The van der Waals surface area contributed by atoms with Gasteiger partial charge in [0.15, 0.2) is 5.82 Å². The molecule has 0 spiro atoms. The highest BCUT2D eigenvalue weighted by Gasteiger charge is 2.20. The van der Waals surface area contributed by atoms with Crippen molar-refractivity contribution in [2.75, 3.05) is 11.5 Å². The van der Waals surface area contributed by atoms with Crippen LogP contribution in [-0.2, 0) is 9.73 Å². The first kappa shape index (κ1) is 20.4. The molecule has 0 amide bonds. The summed E-state index contributed by atoms with van der Waals surface area (Å²) in [5.41, 5.74) is 3.98. The maximum Gasteiger partial charge on any atom is 0.169 e. The Hall–Kier alpha value is -2.87. The summed E-state index contributed by atoms with van der Waals surface area (Å²) in [6, 6.07) is 10.2. The van der Waals surface area contributed by atoms with Gasteiger partial charge in [-0.15, -0.1) is 0 Å². The lowest BCUT2D eigenvalue weighted by Gasteiger charge is -2.17. The summed E-state index contributed by atoms with van der Waals surface area (Å²) in [6.07, 6.45) is 0. The lowest BCUT2D eigenvalue weighted by Crippen LogP contribution is -2.06. The van der Waals surface area contributed by atoms with E-state index in [-0.39, 0.29) is 11.7 Å². The van der Waals surface area contributed by atoms with E-state index < -0.39 is 9.73 Å². The number of hydrogen-bond donors (Lipinski definition) is 1. The zero-order valence-corrected chi connectivity index (χ0v) is 18.3. The molecule has 0 bridgehead atoms. The minimum Gasteiger partial charge on any atom is -0.249 e. The summed E-state index contributed by atoms with van der Waals surface area (Å²) in [5.74, 6) is 1.15. The van der Waals surface area contributed by atoms with Crippen molar-refractivity contribution in [1.82, 2.24) is 20.4 Å². The minimum atomic E-state index is -2.41. The Bertz CT molecular complexity index is 1340. The van der Waals surface area contributed by atoms with E-state index in [9.17, 15) is 8.60 Å². The summed E-state index contributed by atoms with van der Waals surface area (Å²) < 4.78 is 31.4. The highest BCUT2D eigenvalue weighted by molar-refractivity contribution is 7.93. The molecule has 0 atom stereocenters. The van der Waals surface area contributed by atoms with Gasteiger partial charge in [-0.05, 0) is 41.1 Å². The van der Waals surface area contributed by atoms with Gasteiger partial charge in [-0.2, -0.15) is 19.8 Å². The van der Waals surface area contributed by atoms with Crippen LogP contribution < -0.4 is 0 Å². The van der Waals surface area contributed by atoms with Crippen molar-refractivity contribution in [3.8, 4) is 11.1 Å². The molecule has 0 saturated heterocycles. The van der Waals surface area contributed by atoms with Crippen LogP contribution in [-0.4, -0.2) is 36.1 Å². The van der Waals surface area contributed by atoms with Crippen molar-refractivity contribution in [1.29, 1.82) is 0 Å². The fraction of sp³-hybridized carbons (Fsp3) is 0.318. The van der Waals surface area contributed by atoms with Crippen LogP contribution in [0.4, 0.5) is 10.2 Å². The molecule has 0 aliphatic heterocycles. The first-order valence-corrected chi connectivity index (χ1v) is 11.9. The molecule has 4 aromatic rings. The molecule has 0 saturated carbocycles. The highest BCUT2D eigenvalue weighted by Crippen LogP contribution is 2.40. The number of hydrogen-bond acceptors (Lipinski definition) is 5. The third-order valence-electron chi connectivity index (χ3n) is 5.28. The second-order valence-corrected chi connectivity index (χ2v) is 10.4. The summed E-state index contributed by atoms with van der Waals surface area (Å²) in [5, 5.41) is 12.7. The van der Waals surface area contributed by atoms with Gasteiger partial charge >= 0.3 is 0 Å². The van der Waals surface area contributed by atoms with Crippen LogP contribution in [0.3, 0.4) is 0 Å². The number of nitrogens with one attached hydrogen (secondary N) is 1. The molecule has 0 aliphatic rings. The second-order valence-electron chi connectivity index (χ2n) is 7.51. The average Bonchev–Trinajstić information content (AvgIpc) is 3.20. The molecule has 0 fully saturated rings. The van der Waals surface area contributed by atoms with E-state index >= 15 is 0 Å². The van der Waals surface area contributed by atoms with Gasteiger partial charge in [-0.3, -0.25) is 0 Å². The molecule has 0 aliphatic carbocycles. The van der Waals surface area contributed by atoms with Crippen LogP contribution >= 0.6 is 0 Å². The first-order chi connectivity index (χ1) is 14.3. The average molecular weight is 426 g/mol. The van der Waals surface area contributed by atoms with Gasteiger partial charge in [-0.1, -0.05) is 39.8 Å². The van der Waals surface area contributed by atoms with Crippen LogP contribution in [0.25, 0.3) is 32.9 Å². The number of pyridine rings is 1. The molecule has 8 heteroatoms. The monoisotopic (exact) mass is 425 g/mol. The fourth-order valence-corrected chi connectivity index (χ4v) is 4.67. The molecule has 2 aromatic heterocycles. The van der Waals surface area contributed by atoms with Crippen LogP contribution in [0, 0.1) is 5.82 Å². The third-order valence-corrected chi connectivity index (χ3v) is 7.59. The Morgan fingerprint density at radius 1 is 1.03 bits per heavy atom. The van der Waals surface area contributed by atoms with E-state index in [0.29, 0.717) is 28.4 Å². The topological polar surface area (TPSA) is 83.9 Å². The lowest BCUT2D eigenvalue weighted by atomic mass is 9.92. The van der Waals surface area contributed by atoms with E-state index in [1.54, 1.807) is 12.1 Å².